The number of H-pyrrole nitrogens is 1. The lowest BCUT2D eigenvalue weighted by Crippen LogP contribution is -3.00. The van der Waals surface area contributed by atoms with Crippen LogP contribution in [0.15, 0.2) is 54.9 Å². The molecular formula is C14H12ClN3O. The van der Waals surface area contributed by atoms with Crippen molar-refractivity contribution in [1.82, 2.24) is 4.98 Å². The van der Waals surface area contributed by atoms with Gasteiger partial charge in [-0.3, -0.25) is 4.79 Å². The number of hydrogen-bond acceptors (Lipinski definition) is 1. The second-order valence-electron chi connectivity index (χ2n) is 4.08. The summed E-state index contributed by atoms with van der Waals surface area (Å²) in [5, 5.41) is 0. The van der Waals surface area contributed by atoms with E-state index < -0.39 is 5.91 Å². The lowest BCUT2D eigenvalue weighted by molar-refractivity contribution is -0.567. The number of imidazole rings is 1. The van der Waals surface area contributed by atoms with Crippen LogP contribution in [0.4, 0.5) is 0 Å². The van der Waals surface area contributed by atoms with Gasteiger partial charge in [0.05, 0.1) is 0 Å². The molecule has 0 atom stereocenters. The molecule has 0 saturated heterocycles. The molecular weight excluding hydrogens is 262 g/mol. The van der Waals surface area contributed by atoms with Gasteiger partial charge in [-0.25, -0.2) is 4.98 Å². The van der Waals surface area contributed by atoms with E-state index in [1.165, 1.54) is 0 Å². The highest BCUT2D eigenvalue weighted by Crippen LogP contribution is 2.12. The van der Waals surface area contributed by atoms with Crippen molar-refractivity contribution in [1.29, 1.82) is 0 Å². The first kappa shape index (κ1) is 13.1. The molecule has 3 aromatic rings. The molecule has 2 aromatic carbocycles. The van der Waals surface area contributed by atoms with Gasteiger partial charge in [0.1, 0.15) is 5.69 Å². The predicted molar refractivity (Wildman–Crippen MR) is 68.3 cm³/mol. The number of nitrogens with two attached hydrogens (primary N) is 1. The van der Waals surface area contributed by atoms with Gasteiger partial charge in [0.2, 0.25) is 12.2 Å². The van der Waals surface area contributed by atoms with Crippen molar-refractivity contribution < 1.29 is 21.8 Å². The summed E-state index contributed by atoms with van der Waals surface area (Å²) in [5.41, 5.74) is 8.73. The van der Waals surface area contributed by atoms with Crippen LogP contribution in [-0.4, -0.2) is 10.9 Å². The third kappa shape index (κ3) is 2.30. The predicted octanol–water partition coefficient (Wildman–Crippen LogP) is -1.45. The van der Waals surface area contributed by atoms with Gasteiger partial charge in [0, 0.05) is 11.6 Å². The Hall–Kier alpha value is -2.33. The van der Waals surface area contributed by atoms with E-state index in [4.69, 9.17) is 5.73 Å². The van der Waals surface area contributed by atoms with Crippen LogP contribution in [0.25, 0.3) is 16.7 Å². The van der Waals surface area contributed by atoms with E-state index in [-0.39, 0.29) is 12.4 Å². The van der Waals surface area contributed by atoms with Gasteiger partial charge in [-0.15, -0.1) is 0 Å². The molecule has 0 fully saturated rings. The van der Waals surface area contributed by atoms with Gasteiger partial charge in [-0.2, -0.15) is 4.57 Å². The largest absolute Gasteiger partial charge is 1.00 e. The fourth-order valence-corrected chi connectivity index (χ4v) is 2.01. The van der Waals surface area contributed by atoms with E-state index in [1.54, 1.807) is 12.1 Å². The average molecular weight is 274 g/mol. The first-order valence-corrected chi connectivity index (χ1v) is 5.64. The maximum absolute atomic E-state index is 11.2. The lowest BCUT2D eigenvalue weighted by Gasteiger charge is -1.97. The minimum absolute atomic E-state index is 0. The average Bonchev–Trinajstić information content (AvgIpc) is 2.82. The number of primary amides is 1. The van der Waals surface area contributed by atoms with Crippen LogP contribution >= 0.6 is 0 Å². The molecule has 0 radical (unpaired) electrons. The van der Waals surface area contributed by atoms with E-state index in [0.29, 0.717) is 5.56 Å². The molecule has 3 rings (SSSR count). The molecule has 5 heteroatoms. The summed E-state index contributed by atoms with van der Waals surface area (Å²) in [6.45, 7) is 0. The van der Waals surface area contributed by atoms with E-state index in [0.717, 1.165) is 16.7 Å². The summed E-state index contributed by atoms with van der Waals surface area (Å²) >= 11 is 0. The molecule has 4 nitrogen and oxygen atoms in total. The highest BCUT2D eigenvalue weighted by molar-refractivity contribution is 5.95. The molecule has 1 heterocycles. The summed E-state index contributed by atoms with van der Waals surface area (Å²) in [4.78, 5) is 14.4. The number of fused-ring (bicyclic) bond motifs is 1. The van der Waals surface area contributed by atoms with Gasteiger partial charge in [0.15, 0.2) is 11.0 Å². The number of carbonyl (C=O) groups is 1. The third-order valence-corrected chi connectivity index (χ3v) is 2.93. The molecule has 19 heavy (non-hydrogen) atoms. The van der Waals surface area contributed by atoms with Crippen molar-refractivity contribution >= 4 is 16.9 Å². The zero-order valence-corrected chi connectivity index (χ0v) is 10.8. The van der Waals surface area contributed by atoms with Crippen LogP contribution < -0.4 is 22.7 Å². The molecule has 3 N–H and O–H groups in total. The minimum Gasteiger partial charge on any atom is -1.00 e. The smallest absolute Gasteiger partial charge is 0.248 e. The van der Waals surface area contributed by atoms with Crippen molar-refractivity contribution in [3.05, 3.63) is 60.4 Å². The summed E-state index contributed by atoms with van der Waals surface area (Å²) in [6, 6.07) is 15.3. The van der Waals surface area contributed by atoms with Gasteiger partial charge < -0.3 is 18.1 Å². The first-order valence-electron chi connectivity index (χ1n) is 5.64. The number of hydrogen-bond donors (Lipinski definition) is 2. The molecule has 0 saturated carbocycles. The fraction of sp³-hybridized carbons (Fsp3) is 0. The number of benzene rings is 2. The zero-order valence-electron chi connectivity index (χ0n) is 10.0. The second-order valence-corrected chi connectivity index (χ2v) is 4.08. The van der Waals surface area contributed by atoms with E-state index in [1.807, 2.05) is 47.3 Å². The van der Waals surface area contributed by atoms with E-state index >= 15 is 0 Å². The van der Waals surface area contributed by atoms with Crippen LogP contribution in [0.3, 0.4) is 0 Å². The number of para-hydroxylation sites is 1. The normalized spacial score (nSPS) is 10.1. The molecule has 0 spiro atoms. The number of aromatic nitrogens is 2. The van der Waals surface area contributed by atoms with Gasteiger partial charge in [-0.1, -0.05) is 18.2 Å². The Morgan fingerprint density at radius 1 is 1.11 bits per heavy atom. The molecule has 1 amide bonds. The summed E-state index contributed by atoms with van der Waals surface area (Å²) in [6.07, 6.45) is 1.87. The molecule has 96 valence electrons. The number of halogens is 1. The van der Waals surface area contributed by atoms with Crippen LogP contribution in [0.2, 0.25) is 0 Å². The van der Waals surface area contributed by atoms with Gasteiger partial charge in [-0.05, 0) is 24.3 Å². The van der Waals surface area contributed by atoms with Crippen LogP contribution in [-0.2, 0) is 0 Å². The number of nitrogens with one attached hydrogen (secondary N) is 1. The first-order chi connectivity index (χ1) is 8.75. The van der Waals surface area contributed by atoms with Crippen LogP contribution in [0, 0.1) is 0 Å². The summed E-state index contributed by atoms with van der Waals surface area (Å²) in [5.74, 6) is -0.419. The molecule has 0 bridgehead atoms. The Morgan fingerprint density at radius 3 is 2.53 bits per heavy atom. The summed E-state index contributed by atoms with van der Waals surface area (Å²) in [7, 11) is 0. The molecule has 0 aliphatic rings. The Kier molecular flexibility index (Phi) is 3.53. The van der Waals surface area contributed by atoms with Crippen molar-refractivity contribution in [2.45, 2.75) is 0 Å². The SMILES string of the molecule is NC(=O)c1ccc2[nH]c[n+](-c3ccccc3)c2c1.[Cl-]. The number of amides is 1. The van der Waals surface area contributed by atoms with Crippen molar-refractivity contribution in [2.24, 2.45) is 5.73 Å². The van der Waals surface area contributed by atoms with Crippen LogP contribution in [0.1, 0.15) is 10.4 Å². The quantitative estimate of drug-likeness (QED) is 0.551. The molecule has 0 unspecified atom stereocenters. The maximum atomic E-state index is 11.2. The number of nitrogens with zero attached hydrogens (tertiary/aromatic N) is 1. The van der Waals surface area contributed by atoms with Crippen molar-refractivity contribution in [2.75, 3.05) is 0 Å². The van der Waals surface area contributed by atoms with Gasteiger partial charge in [0.25, 0.3) is 0 Å². The second kappa shape index (κ2) is 5.12. The third-order valence-electron chi connectivity index (χ3n) is 2.93. The standard InChI is InChI=1S/C14H11N3O.ClH/c15-14(18)10-6-7-12-13(8-10)17(9-16-12)11-4-2-1-3-5-11;/h1-9H,(H2,15,18);1H. The van der Waals surface area contributed by atoms with E-state index in [2.05, 4.69) is 4.98 Å². The highest BCUT2D eigenvalue weighted by atomic mass is 35.5. The van der Waals surface area contributed by atoms with Crippen LogP contribution in [0.5, 0.6) is 0 Å². The van der Waals surface area contributed by atoms with Crippen molar-refractivity contribution in [3.8, 4) is 5.69 Å². The van der Waals surface area contributed by atoms with Gasteiger partial charge >= 0.3 is 0 Å². The zero-order chi connectivity index (χ0) is 12.5. The lowest BCUT2D eigenvalue weighted by atomic mass is 10.2. The number of carbonyl (C=O) groups excluding carboxylic acids is 1. The topological polar surface area (TPSA) is 62.8 Å². The number of aromatic amines is 1. The van der Waals surface area contributed by atoms with E-state index in [9.17, 15) is 4.79 Å². The Labute approximate surface area is 116 Å². The Bertz CT molecular complexity index is 722. The molecule has 0 aliphatic heterocycles. The fourth-order valence-electron chi connectivity index (χ4n) is 2.01. The van der Waals surface area contributed by atoms with Crippen molar-refractivity contribution in [3.63, 3.8) is 0 Å². The molecule has 1 aromatic heterocycles. The maximum Gasteiger partial charge on any atom is 0.248 e. The summed E-state index contributed by atoms with van der Waals surface area (Å²) < 4.78 is 1.99. The Morgan fingerprint density at radius 2 is 1.84 bits per heavy atom. The monoisotopic (exact) mass is 273 g/mol. The highest BCUT2D eigenvalue weighted by Gasteiger charge is 2.13. The Balaban J connectivity index is 0.00000133. The molecule has 0 aliphatic carbocycles. The number of rotatable bonds is 2. The minimum atomic E-state index is -0.419.